The van der Waals surface area contributed by atoms with E-state index in [2.05, 4.69) is 20.9 Å². The summed E-state index contributed by atoms with van der Waals surface area (Å²) in [5.74, 6) is -1.10. The topological polar surface area (TPSA) is 33.2 Å². The van der Waals surface area contributed by atoms with E-state index in [4.69, 9.17) is 0 Å². The van der Waals surface area contributed by atoms with Gasteiger partial charge in [-0.05, 0) is 34.1 Å². The van der Waals surface area contributed by atoms with Crippen molar-refractivity contribution in [2.75, 3.05) is 7.05 Å². The van der Waals surface area contributed by atoms with Gasteiger partial charge in [-0.15, -0.1) is 11.3 Å². The fourth-order valence-electron chi connectivity index (χ4n) is 1.49. The lowest BCUT2D eigenvalue weighted by atomic mass is 10.2. The van der Waals surface area contributed by atoms with Gasteiger partial charge in [0.15, 0.2) is 0 Å². The summed E-state index contributed by atoms with van der Waals surface area (Å²) in [4.78, 5) is 18.0. The predicted octanol–water partition coefficient (Wildman–Crippen LogP) is 3.32. The molecule has 18 heavy (non-hydrogen) atoms. The minimum absolute atomic E-state index is 0.00405. The molecule has 0 unspecified atom stereocenters. The van der Waals surface area contributed by atoms with Crippen molar-refractivity contribution in [1.29, 1.82) is 0 Å². The summed E-state index contributed by atoms with van der Waals surface area (Å²) in [5, 5.41) is 1.94. The summed E-state index contributed by atoms with van der Waals surface area (Å²) in [6.07, 6.45) is 1.32. The van der Waals surface area contributed by atoms with Crippen LogP contribution < -0.4 is 0 Å². The SMILES string of the molecule is CN(Cc1cc(Br)cs1)C(=O)c1cccnc1F. The molecule has 94 valence electrons. The van der Waals surface area contributed by atoms with Crippen LogP contribution in [0.1, 0.15) is 15.2 Å². The van der Waals surface area contributed by atoms with Crippen molar-refractivity contribution in [3.8, 4) is 0 Å². The molecule has 0 atom stereocenters. The number of carbonyl (C=O) groups is 1. The van der Waals surface area contributed by atoms with Crippen molar-refractivity contribution in [3.63, 3.8) is 0 Å². The standard InChI is InChI=1S/C12H10BrFN2OS/c1-16(6-9-5-8(13)7-18-9)12(17)10-3-2-4-15-11(10)14/h2-5,7H,6H2,1H3. The third-order valence-electron chi connectivity index (χ3n) is 2.35. The monoisotopic (exact) mass is 328 g/mol. The van der Waals surface area contributed by atoms with Gasteiger partial charge in [-0.2, -0.15) is 4.39 Å². The van der Waals surface area contributed by atoms with E-state index >= 15 is 0 Å². The average molecular weight is 329 g/mol. The smallest absolute Gasteiger partial charge is 0.258 e. The molecule has 0 saturated carbocycles. The molecule has 0 aliphatic heterocycles. The number of nitrogens with zero attached hydrogens (tertiary/aromatic N) is 2. The normalized spacial score (nSPS) is 10.4. The van der Waals surface area contributed by atoms with E-state index in [0.717, 1.165) is 9.35 Å². The molecule has 0 N–H and O–H groups in total. The van der Waals surface area contributed by atoms with Gasteiger partial charge in [0.2, 0.25) is 5.95 Å². The van der Waals surface area contributed by atoms with E-state index in [1.807, 2.05) is 11.4 Å². The van der Waals surface area contributed by atoms with Gasteiger partial charge in [-0.3, -0.25) is 4.79 Å². The molecule has 3 nitrogen and oxygen atoms in total. The predicted molar refractivity (Wildman–Crippen MR) is 72.0 cm³/mol. The molecule has 0 aromatic carbocycles. The number of pyridine rings is 1. The molecule has 2 aromatic heterocycles. The number of carbonyl (C=O) groups excluding carboxylic acids is 1. The summed E-state index contributed by atoms with van der Waals surface area (Å²) in [7, 11) is 1.64. The van der Waals surface area contributed by atoms with Gasteiger partial charge in [0.1, 0.15) is 0 Å². The Bertz CT molecular complexity index is 573. The Balaban J connectivity index is 2.12. The summed E-state index contributed by atoms with van der Waals surface area (Å²) in [5.41, 5.74) is -0.00405. The highest BCUT2D eigenvalue weighted by atomic mass is 79.9. The summed E-state index contributed by atoms with van der Waals surface area (Å²) in [6, 6.07) is 4.92. The number of hydrogen-bond acceptors (Lipinski definition) is 3. The Morgan fingerprint density at radius 3 is 3.00 bits per heavy atom. The first kappa shape index (κ1) is 13.2. The lowest BCUT2D eigenvalue weighted by Crippen LogP contribution is -2.26. The molecule has 0 radical (unpaired) electrons. The quantitative estimate of drug-likeness (QED) is 0.810. The Kier molecular flexibility index (Phi) is 4.08. The fraction of sp³-hybridized carbons (Fsp3) is 0.167. The molecule has 2 rings (SSSR count). The molecule has 0 saturated heterocycles. The summed E-state index contributed by atoms with van der Waals surface area (Å²) < 4.78 is 14.4. The van der Waals surface area contributed by atoms with Crippen LogP contribution in [0.5, 0.6) is 0 Å². The molecule has 2 heterocycles. The molecule has 2 aromatic rings. The van der Waals surface area contributed by atoms with Crippen LogP contribution in [-0.4, -0.2) is 22.8 Å². The maximum atomic E-state index is 13.4. The maximum absolute atomic E-state index is 13.4. The van der Waals surface area contributed by atoms with E-state index < -0.39 is 5.95 Å². The third-order valence-corrected chi connectivity index (χ3v) is 4.03. The second-order valence-electron chi connectivity index (χ2n) is 3.73. The second kappa shape index (κ2) is 5.58. The highest BCUT2D eigenvalue weighted by molar-refractivity contribution is 9.10. The lowest BCUT2D eigenvalue weighted by Gasteiger charge is -2.16. The summed E-state index contributed by atoms with van der Waals surface area (Å²) in [6.45, 7) is 0.448. The highest BCUT2D eigenvalue weighted by Gasteiger charge is 2.17. The number of halogens is 2. The molecule has 1 amide bonds. The van der Waals surface area contributed by atoms with E-state index in [9.17, 15) is 9.18 Å². The van der Waals surface area contributed by atoms with Crippen molar-refractivity contribution in [1.82, 2.24) is 9.88 Å². The van der Waals surface area contributed by atoms with Crippen molar-refractivity contribution in [2.24, 2.45) is 0 Å². The van der Waals surface area contributed by atoms with Crippen LogP contribution in [-0.2, 0) is 6.54 Å². The van der Waals surface area contributed by atoms with E-state index in [1.165, 1.54) is 17.2 Å². The molecule has 0 fully saturated rings. The minimum atomic E-state index is -0.735. The average Bonchev–Trinajstić information content (AvgIpc) is 2.74. The van der Waals surface area contributed by atoms with Gasteiger partial charge < -0.3 is 4.90 Å². The van der Waals surface area contributed by atoms with Crippen LogP contribution in [0.4, 0.5) is 4.39 Å². The first-order chi connectivity index (χ1) is 8.58. The van der Waals surface area contributed by atoms with E-state index in [1.54, 1.807) is 24.5 Å². The van der Waals surface area contributed by atoms with Gasteiger partial charge in [-0.25, -0.2) is 4.98 Å². The van der Waals surface area contributed by atoms with Crippen LogP contribution in [0, 0.1) is 5.95 Å². The van der Waals surface area contributed by atoms with E-state index in [0.29, 0.717) is 6.54 Å². The molecule has 0 bridgehead atoms. The molecule has 0 aliphatic carbocycles. The Morgan fingerprint density at radius 1 is 1.61 bits per heavy atom. The first-order valence-corrected chi connectivity index (χ1v) is 6.84. The maximum Gasteiger partial charge on any atom is 0.258 e. The van der Waals surface area contributed by atoms with Crippen LogP contribution in [0.3, 0.4) is 0 Å². The number of amides is 1. The Labute approximate surface area is 116 Å². The third kappa shape index (κ3) is 2.94. The van der Waals surface area contributed by atoms with Gasteiger partial charge in [0.05, 0.1) is 12.1 Å². The van der Waals surface area contributed by atoms with Gasteiger partial charge in [-0.1, -0.05) is 0 Å². The minimum Gasteiger partial charge on any atom is -0.336 e. The van der Waals surface area contributed by atoms with E-state index in [-0.39, 0.29) is 11.5 Å². The zero-order valence-corrected chi connectivity index (χ0v) is 12.0. The van der Waals surface area contributed by atoms with Gasteiger partial charge in [0, 0.05) is 28.0 Å². The molecule has 0 spiro atoms. The van der Waals surface area contributed by atoms with Crippen LogP contribution >= 0.6 is 27.3 Å². The van der Waals surface area contributed by atoms with Gasteiger partial charge >= 0.3 is 0 Å². The van der Waals surface area contributed by atoms with Crippen molar-refractivity contribution >= 4 is 33.2 Å². The second-order valence-corrected chi connectivity index (χ2v) is 5.65. The number of rotatable bonds is 3. The fourth-order valence-corrected chi connectivity index (χ4v) is 3.00. The zero-order chi connectivity index (χ0) is 13.1. The van der Waals surface area contributed by atoms with Crippen LogP contribution in [0.15, 0.2) is 34.2 Å². The molecule has 0 aliphatic rings. The Morgan fingerprint density at radius 2 is 2.39 bits per heavy atom. The molecular formula is C12H10BrFN2OS. The summed E-state index contributed by atoms with van der Waals surface area (Å²) >= 11 is 4.90. The van der Waals surface area contributed by atoms with Crippen molar-refractivity contribution in [2.45, 2.75) is 6.54 Å². The molecule has 6 heteroatoms. The lowest BCUT2D eigenvalue weighted by molar-refractivity contribution is 0.0780. The zero-order valence-electron chi connectivity index (χ0n) is 9.56. The number of hydrogen-bond donors (Lipinski definition) is 0. The first-order valence-electron chi connectivity index (χ1n) is 5.17. The van der Waals surface area contributed by atoms with Crippen molar-refractivity contribution < 1.29 is 9.18 Å². The van der Waals surface area contributed by atoms with Crippen LogP contribution in [0.25, 0.3) is 0 Å². The largest absolute Gasteiger partial charge is 0.336 e. The van der Waals surface area contributed by atoms with Gasteiger partial charge in [0.25, 0.3) is 5.91 Å². The highest BCUT2D eigenvalue weighted by Crippen LogP contribution is 2.21. The number of aromatic nitrogens is 1. The van der Waals surface area contributed by atoms with Crippen LogP contribution in [0.2, 0.25) is 0 Å². The Hall–Kier alpha value is -1.27. The molecular weight excluding hydrogens is 319 g/mol. The number of thiophene rings is 1. The van der Waals surface area contributed by atoms with Crippen molar-refractivity contribution in [3.05, 3.63) is 50.6 Å².